The molecule has 0 bridgehead atoms. The molecule has 2 aromatic heterocycles. The van der Waals surface area contributed by atoms with Crippen LogP contribution in [0.15, 0.2) is 76.4 Å². The number of nitrogens with zero attached hydrogens (tertiary/aromatic N) is 7. The molecule has 2 aliphatic heterocycles. The number of morpholine rings is 1. The second-order valence-corrected chi connectivity index (χ2v) is 8.91. The number of carbonyl (C=O) groups is 1. The van der Waals surface area contributed by atoms with Crippen LogP contribution in [0.2, 0.25) is 0 Å². The third-order valence-electron chi connectivity index (χ3n) is 5.95. The Bertz CT molecular complexity index is 1430. The molecule has 0 saturated carbocycles. The number of nitrogens with one attached hydrogen (secondary N) is 1. The minimum atomic E-state index is -4.72. The molecule has 44 heavy (non-hydrogen) atoms. The average Bonchev–Trinajstić information content (AvgIpc) is 3.38. The van der Waals surface area contributed by atoms with Crippen LogP contribution < -0.4 is 10.2 Å². The predicted molar refractivity (Wildman–Crippen MR) is 164 cm³/mol. The number of azo groups is 1. The molecule has 1 N–H and O–H groups in total. The molecule has 0 aliphatic carbocycles. The van der Waals surface area contributed by atoms with E-state index in [4.69, 9.17) is 10.00 Å². The van der Waals surface area contributed by atoms with Gasteiger partial charge >= 0.3 is 6.18 Å². The smallest absolute Gasteiger partial charge is 0.378 e. The summed E-state index contributed by atoms with van der Waals surface area (Å²) < 4.78 is 48.0. The molecule has 0 spiro atoms. The first-order chi connectivity index (χ1) is 21.2. The number of alkyl halides is 3. The zero-order valence-corrected chi connectivity index (χ0v) is 25.9. The minimum Gasteiger partial charge on any atom is -0.378 e. The summed E-state index contributed by atoms with van der Waals surface area (Å²) in [6.45, 7) is 13.9. The summed E-state index contributed by atoms with van der Waals surface area (Å²) in [4.78, 5) is 19.1. The van der Waals surface area contributed by atoms with Gasteiger partial charge in [0.05, 0.1) is 30.9 Å². The van der Waals surface area contributed by atoms with Crippen molar-refractivity contribution in [2.75, 3.05) is 31.2 Å². The minimum absolute atomic E-state index is 0.0557. The molecule has 236 valence electrons. The first kappa shape index (κ1) is 35.6. The van der Waals surface area contributed by atoms with Gasteiger partial charge in [-0.05, 0) is 50.6 Å². The number of hydrogen-bond acceptors (Lipinski definition) is 8. The number of carbonyl (C=O) groups excluding carboxylic acids is 1. The van der Waals surface area contributed by atoms with Gasteiger partial charge in [0.25, 0.3) is 5.91 Å². The van der Waals surface area contributed by atoms with Gasteiger partial charge in [0, 0.05) is 30.4 Å². The van der Waals surface area contributed by atoms with E-state index in [1.807, 2.05) is 38.7 Å². The van der Waals surface area contributed by atoms with Gasteiger partial charge in [0.1, 0.15) is 5.82 Å². The van der Waals surface area contributed by atoms with Crippen LogP contribution in [-0.4, -0.2) is 47.0 Å². The third kappa shape index (κ3) is 9.74. The van der Waals surface area contributed by atoms with Crippen LogP contribution in [0.3, 0.4) is 0 Å². The Morgan fingerprint density at radius 1 is 1.14 bits per heavy atom. The van der Waals surface area contributed by atoms with Gasteiger partial charge in [-0.2, -0.15) is 23.5 Å². The van der Waals surface area contributed by atoms with E-state index in [1.165, 1.54) is 24.4 Å². The molecule has 0 aromatic carbocycles. The average molecular weight is 613 g/mol. The zero-order valence-electron chi connectivity index (χ0n) is 25.9. The summed E-state index contributed by atoms with van der Waals surface area (Å²) in [5.41, 5.74) is -0.299. The first-order valence-corrected chi connectivity index (χ1v) is 14.5. The molecule has 4 rings (SSSR count). The zero-order chi connectivity index (χ0) is 32.7. The van der Waals surface area contributed by atoms with Gasteiger partial charge < -0.3 is 15.0 Å². The molecule has 1 amide bonds. The number of allylic oxidation sites excluding steroid dienone is 4. The highest BCUT2D eigenvalue weighted by Gasteiger charge is 2.37. The normalized spacial score (nSPS) is 15.9. The van der Waals surface area contributed by atoms with E-state index in [0.717, 1.165) is 6.07 Å². The van der Waals surface area contributed by atoms with Gasteiger partial charge in [-0.1, -0.05) is 45.9 Å². The van der Waals surface area contributed by atoms with Crippen molar-refractivity contribution < 1.29 is 22.7 Å². The lowest BCUT2D eigenvalue weighted by Crippen LogP contribution is -2.36. The lowest BCUT2D eigenvalue weighted by Gasteiger charge is -2.27. The summed E-state index contributed by atoms with van der Waals surface area (Å²) in [6.07, 6.45) is 4.54. The fourth-order valence-electron chi connectivity index (χ4n) is 3.96. The fourth-order valence-corrected chi connectivity index (χ4v) is 3.96. The molecule has 1 fully saturated rings. The molecule has 2 aliphatic rings. The van der Waals surface area contributed by atoms with Crippen molar-refractivity contribution >= 4 is 17.5 Å². The van der Waals surface area contributed by atoms with E-state index in [0.29, 0.717) is 42.4 Å². The van der Waals surface area contributed by atoms with Crippen molar-refractivity contribution in [2.24, 2.45) is 16.1 Å². The third-order valence-corrected chi connectivity index (χ3v) is 5.95. The molecule has 1 atom stereocenters. The van der Waals surface area contributed by atoms with E-state index < -0.39 is 23.7 Å². The highest BCUT2D eigenvalue weighted by atomic mass is 19.4. The first-order valence-electron chi connectivity index (χ1n) is 14.5. The van der Waals surface area contributed by atoms with E-state index in [9.17, 15) is 18.0 Å². The van der Waals surface area contributed by atoms with Gasteiger partial charge in [-0.15, -0.1) is 10.2 Å². The van der Waals surface area contributed by atoms with Gasteiger partial charge in [0.15, 0.2) is 17.3 Å². The summed E-state index contributed by atoms with van der Waals surface area (Å²) in [5.74, 6) is -0.424. The molecule has 0 radical (unpaired) electrons. The number of pyridine rings is 1. The van der Waals surface area contributed by atoms with Crippen molar-refractivity contribution in [3.05, 3.63) is 71.9 Å². The molecule has 10 nitrogen and oxygen atoms in total. The number of ether oxygens (including phenoxy) is 1. The maximum Gasteiger partial charge on any atom is 0.433 e. The van der Waals surface area contributed by atoms with Crippen molar-refractivity contribution in [3.63, 3.8) is 0 Å². The summed E-state index contributed by atoms with van der Waals surface area (Å²) in [6, 6.07) is 6.38. The highest BCUT2D eigenvalue weighted by molar-refractivity contribution is 5.97. The maximum absolute atomic E-state index is 14.0. The Balaban J connectivity index is 0.00000162. The van der Waals surface area contributed by atoms with Crippen molar-refractivity contribution in [1.82, 2.24) is 20.1 Å². The van der Waals surface area contributed by atoms with Crippen LogP contribution in [0, 0.1) is 17.2 Å². The maximum atomic E-state index is 14.0. The Kier molecular flexibility index (Phi) is 14.2. The molecule has 4 heterocycles. The summed E-state index contributed by atoms with van der Waals surface area (Å²) >= 11 is 0. The van der Waals surface area contributed by atoms with Crippen molar-refractivity contribution in [2.45, 2.75) is 54.1 Å². The fraction of sp³-hybridized carbons (Fsp3) is 0.419. The Labute approximate surface area is 256 Å². The topological polar surface area (TPSA) is 121 Å². The number of halogens is 3. The summed E-state index contributed by atoms with van der Waals surface area (Å²) in [5, 5.41) is 23.7. The molecule has 1 unspecified atom stereocenters. The number of anilines is 1. The lowest BCUT2D eigenvalue weighted by atomic mass is 10.1. The molecule has 13 heteroatoms. The molecular weight excluding hydrogens is 573 g/mol. The number of hydrogen-bond donors (Lipinski definition) is 1. The quantitative estimate of drug-likeness (QED) is 0.262. The van der Waals surface area contributed by atoms with Gasteiger partial charge in [-0.3, -0.25) is 4.79 Å². The monoisotopic (exact) mass is 612 g/mol. The van der Waals surface area contributed by atoms with E-state index >= 15 is 0 Å². The highest BCUT2D eigenvalue weighted by Crippen LogP contribution is 2.35. The van der Waals surface area contributed by atoms with Crippen LogP contribution in [-0.2, 0) is 15.7 Å². The van der Waals surface area contributed by atoms with Crippen LogP contribution in [0.4, 0.5) is 19.0 Å². The predicted octanol–water partition coefficient (Wildman–Crippen LogP) is 7.13. The second kappa shape index (κ2) is 17.5. The Morgan fingerprint density at radius 2 is 1.84 bits per heavy atom. The summed E-state index contributed by atoms with van der Waals surface area (Å²) in [7, 11) is 0. The van der Waals surface area contributed by atoms with Gasteiger partial charge in [0.2, 0.25) is 0 Å². The second-order valence-electron chi connectivity index (χ2n) is 8.91. The van der Waals surface area contributed by atoms with Crippen LogP contribution in [0.1, 0.15) is 53.7 Å². The van der Waals surface area contributed by atoms with Crippen LogP contribution in [0.25, 0.3) is 17.1 Å². The number of nitriles is 1. The van der Waals surface area contributed by atoms with Crippen LogP contribution in [0.5, 0.6) is 0 Å². The molecular formula is C31H39F3N8O2. The van der Waals surface area contributed by atoms with Crippen molar-refractivity contribution in [3.8, 4) is 17.3 Å². The van der Waals surface area contributed by atoms with Crippen molar-refractivity contribution in [1.29, 1.82) is 5.26 Å². The number of aromatic nitrogens is 3. The van der Waals surface area contributed by atoms with E-state index in [-0.39, 0.29) is 29.3 Å². The Morgan fingerprint density at radius 3 is 2.43 bits per heavy atom. The molecule has 1 saturated heterocycles. The van der Waals surface area contributed by atoms with E-state index in [1.54, 1.807) is 38.1 Å². The molecule has 2 aromatic rings. The largest absolute Gasteiger partial charge is 0.433 e. The lowest BCUT2D eigenvalue weighted by molar-refractivity contribution is -0.142. The number of amides is 1. The number of rotatable bonds is 7. The Hall–Kier alpha value is -4.57. The van der Waals surface area contributed by atoms with Crippen LogP contribution >= 0.6 is 0 Å². The standard InChI is InChI=1S/C27H27F3N8O2.2C2H6/c1-3-5-19(14-18(2)16-31)26(39)33-23-6-4-7-25(35-34-23)38-22(27(28,29)30)15-21(36-38)20-8-9-24(32-17-20)37-10-12-40-13-11-37;2*1-2/h3,5-9,14-15,17-18H,4,10-13H2,1-2H3,(H,33,39);2*1-2H3/b5-3-,19-14+;;. The van der Waals surface area contributed by atoms with Gasteiger partial charge in [-0.25, -0.2) is 9.67 Å². The SMILES string of the molecule is C/C=C\C(=C/C(C)C#N)C(=O)NC1=CCC=C(n2nc(-c3ccc(N4CCOCC4)nc3)cc2C(F)(F)F)N=N1.CC.CC. The van der Waals surface area contributed by atoms with E-state index in [2.05, 4.69) is 25.6 Å².